The molecule has 0 radical (unpaired) electrons. The van der Waals surface area contributed by atoms with E-state index in [0.717, 1.165) is 39.3 Å². The molecule has 0 saturated heterocycles. The Bertz CT molecular complexity index is 1420. The average Bonchev–Trinajstić information content (AvgIpc) is 3.10. The second-order valence-corrected chi connectivity index (χ2v) is 9.08. The van der Waals surface area contributed by atoms with Gasteiger partial charge in [-0.1, -0.05) is 35.8 Å². The first-order chi connectivity index (χ1) is 15.8. The maximum absolute atomic E-state index is 13.4. The summed E-state index contributed by atoms with van der Waals surface area (Å²) >= 11 is 3.45. The molecule has 0 aliphatic heterocycles. The van der Waals surface area contributed by atoms with Crippen molar-refractivity contribution in [3.8, 4) is 11.4 Å². The molecule has 4 rings (SSSR count). The van der Waals surface area contributed by atoms with Crippen molar-refractivity contribution in [2.24, 2.45) is 5.10 Å². The number of halogens is 1. The summed E-state index contributed by atoms with van der Waals surface area (Å²) in [4.78, 5) is 18.1. The first kappa shape index (κ1) is 23.0. The molecule has 0 unspecified atom stereocenters. The third-order valence-electron chi connectivity index (χ3n) is 5.98. The molecule has 0 aliphatic rings. The van der Waals surface area contributed by atoms with E-state index < -0.39 is 0 Å². The van der Waals surface area contributed by atoms with Gasteiger partial charge in [0.25, 0.3) is 5.56 Å². The van der Waals surface area contributed by atoms with Crippen LogP contribution in [0.5, 0.6) is 5.75 Å². The van der Waals surface area contributed by atoms with Crippen molar-refractivity contribution in [2.75, 3.05) is 7.11 Å². The Kier molecular flexibility index (Phi) is 6.51. The topological polar surface area (TPSA) is 61.4 Å². The summed E-state index contributed by atoms with van der Waals surface area (Å²) in [6, 6.07) is 15.6. The van der Waals surface area contributed by atoms with Crippen molar-refractivity contribution < 1.29 is 4.74 Å². The number of hydrogen-bond acceptors (Lipinski definition) is 4. The highest BCUT2D eigenvalue weighted by Gasteiger charge is 2.16. The van der Waals surface area contributed by atoms with Gasteiger partial charge in [-0.15, -0.1) is 0 Å². The van der Waals surface area contributed by atoms with Gasteiger partial charge >= 0.3 is 0 Å². The molecular weight excluding hydrogens is 480 g/mol. The first-order valence-electron chi connectivity index (χ1n) is 10.9. The van der Waals surface area contributed by atoms with Gasteiger partial charge in [-0.05, 0) is 56.7 Å². The molecule has 0 spiro atoms. The summed E-state index contributed by atoms with van der Waals surface area (Å²) in [5.74, 6) is 1.55. The zero-order valence-electron chi connectivity index (χ0n) is 19.5. The van der Waals surface area contributed by atoms with Crippen LogP contribution in [0.25, 0.3) is 16.6 Å². The second-order valence-electron chi connectivity index (χ2n) is 8.17. The van der Waals surface area contributed by atoms with E-state index in [4.69, 9.17) is 9.72 Å². The Hall–Kier alpha value is -3.19. The van der Waals surface area contributed by atoms with Crippen molar-refractivity contribution in [1.29, 1.82) is 0 Å². The van der Waals surface area contributed by atoms with Gasteiger partial charge < -0.3 is 9.30 Å². The molecule has 0 saturated carbocycles. The molecule has 7 heteroatoms. The van der Waals surface area contributed by atoms with E-state index in [2.05, 4.69) is 52.4 Å². The van der Waals surface area contributed by atoms with E-state index in [1.54, 1.807) is 19.4 Å². The SMILES string of the molecule is CC[C@@H](C)c1nc2ccc(Br)cc2c(=O)n1N=Cc1cc(C)n(-c2cccc(OC)c2)c1C. The fourth-order valence-electron chi connectivity index (χ4n) is 3.96. The minimum Gasteiger partial charge on any atom is -0.497 e. The van der Waals surface area contributed by atoms with E-state index in [1.807, 2.05) is 43.3 Å². The molecule has 4 aromatic rings. The highest BCUT2D eigenvalue weighted by molar-refractivity contribution is 9.10. The number of fused-ring (bicyclic) bond motifs is 1. The van der Waals surface area contributed by atoms with Crippen LogP contribution in [0.2, 0.25) is 0 Å². The third kappa shape index (κ3) is 4.37. The van der Waals surface area contributed by atoms with Crippen LogP contribution >= 0.6 is 15.9 Å². The molecule has 33 heavy (non-hydrogen) atoms. The fourth-order valence-corrected chi connectivity index (χ4v) is 4.33. The molecule has 0 bridgehead atoms. The number of methoxy groups -OCH3 is 1. The predicted octanol–water partition coefficient (Wildman–Crippen LogP) is 5.97. The van der Waals surface area contributed by atoms with E-state index in [-0.39, 0.29) is 11.5 Å². The Morgan fingerprint density at radius 1 is 1.18 bits per heavy atom. The smallest absolute Gasteiger partial charge is 0.282 e. The van der Waals surface area contributed by atoms with E-state index in [9.17, 15) is 4.79 Å². The Morgan fingerprint density at radius 3 is 2.70 bits per heavy atom. The van der Waals surface area contributed by atoms with Crippen molar-refractivity contribution in [3.63, 3.8) is 0 Å². The van der Waals surface area contributed by atoms with Gasteiger partial charge in [0.1, 0.15) is 11.6 Å². The largest absolute Gasteiger partial charge is 0.497 e. The third-order valence-corrected chi connectivity index (χ3v) is 6.47. The summed E-state index contributed by atoms with van der Waals surface area (Å²) in [7, 11) is 1.66. The molecular formula is C26H27BrN4O2. The lowest BCUT2D eigenvalue weighted by Gasteiger charge is -2.14. The summed E-state index contributed by atoms with van der Waals surface area (Å²) in [6.45, 7) is 8.24. The second kappa shape index (κ2) is 9.35. The Labute approximate surface area is 201 Å². The van der Waals surface area contributed by atoms with Crippen LogP contribution in [-0.2, 0) is 0 Å². The number of aryl methyl sites for hydroxylation is 1. The molecule has 0 fully saturated rings. The Balaban J connectivity index is 1.83. The lowest BCUT2D eigenvalue weighted by Crippen LogP contribution is -2.23. The van der Waals surface area contributed by atoms with Crippen LogP contribution in [0.3, 0.4) is 0 Å². The van der Waals surface area contributed by atoms with Gasteiger partial charge in [-0.3, -0.25) is 4.79 Å². The zero-order valence-corrected chi connectivity index (χ0v) is 21.0. The molecule has 2 aromatic carbocycles. The minimum absolute atomic E-state index is 0.0899. The summed E-state index contributed by atoms with van der Waals surface area (Å²) in [6.07, 6.45) is 2.60. The molecule has 0 amide bonds. The van der Waals surface area contributed by atoms with E-state index in [0.29, 0.717) is 16.7 Å². The maximum atomic E-state index is 13.4. The van der Waals surface area contributed by atoms with E-state index in [1.165, 1.54) is 4.68 Å². The fraction of sp³-hybridized carbons (Fsp3) is 0.269. The first-order valence-corrected chi connectivity index (χ1v) is 11.7. The molecule has 1 atom stereocenters. The van der Waals surface area contributed by atoms with Gasteiger partial charge in [0.15, 0.2) is 0 Å². The van der Waals surface area contributed by atoms with Crippen LogP contribution < -0.4 is 10.3 Å². The summed E-state index contributed by atoms with van der Waals surface area (Å²) in [5.41, 5.74) is 4.55. The van der Waals surface area contributed by atoms with Crippen LogP contribution in [0, 0.1) is 13.8 Å². The number of aromatic nitrogens is 3. The van der Waals surface area contributed by atoms with Gasteiger partial charge in [-0.2, -0.15) is 9.78 Å². The number of ether oxygens (including phenoxy) is 1. The zero-order chi connectivity index (χ0) is 23.7. The van der Waals surface area contributed by atoms with E-state index >= 15 is 0 Å². The standard InChI is InChI=1S/C26H27BrN4O2/c1-6-16(2)25-29-24-11-10-20(27)13-23(24)26(32)31(25)28-15-19-12-17(3)30(18(19)4)21-8-7-9-22(14-21)33-5/h7-16H,6H2,1-5H3/t16-/m1/s1. The number of benzene rings is 2. The maximum Gasteiger partial charge on any atom is 0.282 e. The Morgan fingerprint density at radius 2 is 1.97 bits per heavy atom. The molecule has 6 nitrogen and oxygen atoms in total. The lowest BCUT2D eigenvalue weighted by atomic mass is 10.1. The lowest BCUT2D eigenvalue weighted by molar-refractivity contribution is 0.414. The highest BCUT2D eigenvalue weighted by atomic mass is 79.9. The van der Waals surface area contributed by atoms with Gasteiger partial charge in [0.05, 0.1) is 24.2 Å². The molecule has 2 heterocycles. The number of hydrogen-bond donors (Lipinski definition) is 0. The van der Waals surface area contributed by atoms with Crippen LogP contribution in [-0.4, -0.2) is 27.6 Å². The number of rotatable bonds is 6. The minimum atomic E-state index is -0.172. The van der Waals surface area contributed by atoms with Crippen LogP contribution in [0.4, 0.5) is 0 Å². The van der Waals surface area contributed by atoms with Gasteiger partial charge in [0, 0.05) is 39.1 Å². The molecule has 170 valence electrons. The van der Waals surface area contributed by atoms with Gasteiger partial charge in [0.2, 0.25) is 0 Å². The average molecular weight is 507 g/mol. The van der Waals surface area contributed by atoms with Crippen LogP contribution in [0.1, 0.15) is 49.0 Å². The quantitative estimate of drug-likeness (QED) is 0.302. The normalized spacial score (nSPS) is 12.5. The number of nitrogens with zero attached hydrogens (tertiary/aromatic N) is 4. The molecule has 2 aromatic heterocycles. The monoisotopic (exact) mass is 506 g/mol. The van der Waals surface area contributed by atoms with Crippen molar-refractivity contribution in [2.45, 2.75) is 40.0 Å². The summed E-state index contributed by atoms with van der Waals surface area (Å²) < 4.78 is 9.81. The molecule has 0 aliphatic carbocycles. The molecule has 0 N–H and O–H groups in total. The van der Waals surface area contributed by atoms with Crippen molar-refractivity contribution >= 4 is 33.0 Å². The van der Waals surface area contributed by atoms with Crippen LogP contribution in [0.15, 0.2) is 62.9 Å². The van der Waals surface area contributed by atoms with Crippen molar-refractivity contribution in [3.05, 3.63) is 86.1 Å². The van der Waals surface area contributed by atoms with Gasteiger partial charge in [-0.25, -0.2) is 4.98 Å². The summed E-state index contributed by atoms with van der Waals surface area (Å²) in [5, 5.41) is 5.17. The predicted molar refractivity (Wildman–Crippen MR) is 137 cm³/mol. The van der Waals surface area contributed by atoms with Crippen molar-refractivity contribution in [1.82, 2.24) is 14.2 Å². The highest BCUT2D eigenvalue weighted by Crippen LogP contribution is 2.24.